The minimum atomic E-state index is -3.94. The summed E-state index contributed by atoms with van der Waals surface area (Å²) in [7, 11) is -2.33. The van der Waals surface area contributed by atoms with Gasteiger partial charge in [0, 0.05) is 35.2 Å². The van der Waals surface area contributed by atoms with Crippen LogP contribution in [0.4, 0.5) is 0 Å². The number of rotatable bonds is 13. The minimum Gasteiger partial charge on any atom is -0.496 e. The fraction of sp³-hybridized carbons (Fsp3) is 0.575. The Kier molecular flexibility index (Phi) is 10.1. The highest BCUT2D eigenvalue weighted by Gasteiger charge is 2.63. The number of carbonyl (C=O) groups is 3. The summed E-state index contributed by atoms with van der Waals surface area (Å²) in [5.41, 5.74) is 6.64. The van der Waals surface area contributed by atoms with E-state index in [0.717, 1.165) is 21.7 Å². The van der Waals surface area contributed by atoms with Crippen molar-refractivity contribution in [2.24, 2.45) is 22.5 Å². The van der Waals surface area contributed by atoms with E-state index in [9.17, 15) is 22.8 Å². The molecule has 1 unspecified atom stereocenters. The SMILES string of the molecule is C=C[C@@H]1C[C@]1(CC(=O)[C@@H]1CC(C)(Oc2cc(-c3nc(C(C)C)cs3)nc3c(C)c(OC)ccc23)CN1C(=O)[C@@H](N)C(C)(C)C)C(=O)NS(=O)(=O)C1(C)CC1. The Bertz CT molecular complexity index is 2140. The number of pyridine rings is 1. The number of ether oxygens (including phenoxy) is 2. The molecule has 3 fully saturated rings. The summed E-state index contributed by atoms with van der Waals surface area (Å²) < 4.78 is 40.0. The maximum Gasteiger partial charge on any atom is 0.240 e. The van der Waals surface area contributed by atoms with Crippen LogP contribution in [0, 0.1) is 23.7 Å². The summed E-state index contributed by atoms with van der Waals surface area (Å²) in [5.74, 6) is -0.462. The van der Waals surface area contributed by atoms with E-state index in [4.69, 9.17) is 25.2 Å². The predicted molar refractivity (Wildman–Crippen MR) is 210 cm³/mol. The molecule has 2 aromatic heterocycles. The summed E-state index contributed by atoms with van der Waals surface area (Å²) in [6.07, 6.45) is 2.64. The van der Waals surface area contributed by atoms with E-state index < -0.39 is 61.0 Å². The molecule has 3 heterocycles. The van der Waals surface area contributed by atoms with Gasteiger partial charge in [-0.3, -0.25) is 19.1 Å². The van der Waals surface area contributed by atoms with Crippen LogP contribution in [0.25, 0.3) is 21.6 Å². The first-order valence-electron chi connectivity index (χ1n) is 18.5. The lowest BCUT2D eigenvalue weighted by molar-refractivity contribution is -0.141. The Balaban J connectivity index is 1.36. The van der Waals surface area contributed by atoms with E-state index >= 15 is 0 Å². The molecule has 292 valence electrons. The van der Waals surface area contributed by atoms with Crippen molar-refractivity contribution in [3.05, 3.63) is 47.5 Å². The molecule has 2 aliphatic carbocycles. The van der Waals surface area contributed by atoms with Crippen molar-refractivity contribution in [3.63, 3.8) is 0 Å². The van der Waals surface area contributed by atoms with Crippen LogP contribution in [0.3, 0.4) is 0 Å². The minimum absolute atomic E-state index is 0.0475. The van der Waals surface area contributed by atoms with E-state index in [1.807, 2.05) is 58.2 Å². The van der Waals surface area contributed by atoms with Crippen LogP contribution < -0.4 is 19.9 Å². The molecule has 54 heavy (non-hydrogen) atoms. The molecular weight excluding hydrogens is 727 g/mol. The number of nitrogens with one attached hydrogen (secondary N) is 1. The second-order valence-electron chi connectivity index (χ2n) is 17.3. The van der Waals surface area contributed by atoms with Crippen molar-refractivity contribution in [1.29, 1.82) is 0 Å². The number of allylic oxidation sites excluding steroid dienone is 1. The van der Waals surface area contributed by atoms with Gasteiger partial charge in [-0.1, -0.05) is 40.7 Å². The van der Waals surface area contributed by atoms with Gasteiger partial charge in [-0.25, -0.2) is 18.4 Å². The van der Waals surface area contributed by atoms with Gasteiger partial charge in [-0.2, -0.15) is 0 Å². The number of sulfonamides is 1. The molecule has 0 radical (unpaired) electrons. The zero-order chi connectivity index (χ0) is 39.8. The van der Waals surface area contributed by atoms with Crippen molar-refractivity contribution >= 4 is 49.9 Å². The molecule has 0 bridgehead atoms. The summed E-state index contributed by atoms with van der Waals surface area (Å²) in [5, 5.41) is 3.48. The number of fused-ring (bicyclic) bond motifs is 1. The Morgan fingerprint density at radius 1 is 1.15 bits per heavy atom. The molecule has 3 N–H and O–H groups in total. The van der Waals surface area contributed by atoms with Gasteiger partial charge in [0.25, 0.3) is 0 Å². The van der Waals surface area contributed by atoms with E-state index in [-0.39, 0.29) is 37.5 Å². The molecule has 12 nitrogen and oxygen atoms in total. The number of nitrogens with two attached hydrogens (primary N) is 1. The zero-order valence-electron chi connectivity index (χ0n) is 32.7. The summed E-state index contributed by atoms with van der Waals surface area (Å²) in [6.45, 7) is 19.0. The van der Waals surface area contributed by atoms with Crippen molar-refractivity contribution in [2.45, 2.75) is 116 Å². The molecule has 2 amide bonds. The van der Waals surface area contributed by atoms with Crippen molar-refractivity contribution in [2.75, 3.05) is 13.7 Å². The number of Topliss-reactive ketones (excluding diaryl/α,β-unsaturated/α-hetero) is 1. The van der Waals surface area contributed by atoms with Crippen LogP contribution in [0.1, 0.15) is 97.7 Å². The fourth-order valence-corrected chi connectivity index (χ4v) is 9.61. The topological polar surface area (TPSA) is 171 Å². The maximum atomic E-state index is 14.5. The molecular formula is C40H53N5O7S2. The van der Waals surface area contributed by atoms with E-state index in [0.29, 0.717) is 35.6 Å². The van der Waals surface area contributed by atoms with Gasteiger partial charge in [0.05, 0.1) is 47.1 Å². The third-order valence-electron chi connectivity index (χ3n) is 11.6. The average Bonchev–Trinajstić information content (AvgIpc) is 3.91. The number of methoxy groups -OCH3 is 1. The number of hydrogen-bond acceptors (Lipinski definition) is 11. The number of benzene rings is 1. The molecule has 1 saturated heterocycles. The smallest absolute Gasteiger partial charge is 0.240 e. The first-order valence-corrected chi connectivity index (χ1v) is 20.9. The second kappa shape index (κ2) is 13.7. The molecule has 5 atom stereocenters. The van der Waals surface area contributed by atoms with Gasteiger partial charge < -0.3 is 20.1 Å². The van der Waals surface area contributed by atoms with E-state index in [1.54, 1.807) is 20.1 Å². The molecule has 1 aromatic carbocycles. The standard InChI is InChI=1S/C40H53N5O7S2/c1-11-24-17-40(24,36(48)44-54(49,50)39(9)14-15-39)19-29(46)28-18-38(8,21-45(28)35(47)33(41)37(5,6)7)52-31-16-26(34-43-27(20-53-34)22(2)3)42-32-23(4)30(51-10)13-12-25(31)32/h11-13,16,20,22,24,28,33H,1,14-15,17-19,21,41H2,2-10H3,(H,44,48)/t24-,28+,33-,38?,40-/m1/s1. The van der Waals surface area contributed by atoms with Gasteiger partial charge in [0.15, 0.2) is 5.78 Å². The van der Waals surface area contributed by atoms with Gasteiger partial charge in [-0.15, -0.1) is 17.9 Å². The molecule has 1 aliphatic heterocycles. The summed E-state index contributed by atoms with van der Waals surface area (Å²) >= 11 is 1.49. The van der Waals surface area contributed by atoms with Crippen molar-refractivity contribution in [3.8, 4) is 22.2 Å². The van der Waals surface area contributed by atoms with Gasteiger partial charge in [-0.05, 0) is 69.4 Å². The number of likely N-dealkylation sites (tertiary alicyclic amines) is 1. The van der Waals surface area contributed by atoms with Gasteiger partial charge >= 0.3 is 0 Å². The van der Waals surface area contributed by atoms with Gasteiger partial charge in [0.1, 0.15) is 27.8 Å². The number of carbonyl (C=O) groups excluding carboxylic acids is 3. The lowest BCUT2D eigenvalue weighted by atomic mass is 9.86. The Labute approximate surface area is 322 Å². The van der Waals surface area contributed by atoms with Crippen LogP contribution >= 0.6 is 11.3 Å². The van der Waals surface area contributed by atoms with E-state index in [2.05, 4.69) is 25.1 Å². The Morgan fingerprint density at radius 3 is 2.39 bits per heavy atom. The molecule has 14 heteroatoms. The molecule has 6 rings (SSSR count). The number of hydrogen-bond donors (Lipinski definition) is 2. The largest absolute Gasteiger partial charge is 0.496 e. The fourth-order valence-electron chi connectivity index (χ4n) is 7.33. The number of thiazole rings is 1. The highest BCUT2D eigenvalue weighted by molar-refractivity contribution is 7.91. The van der Waals surface area contributed by atoms with Crippen LogP contribution in [0.2, 0.25) is 0 Å². The number of amides is 2. The monoisotopic (exact) mass is 779 g/mol. The molecule has 3 aromatic rings. The van der Waals surface area contributed by atoms with Gasteiger partial charge in [0.2, 0.25) is 21.8 Å². The molecule has 2 saturated carbocycles. The number of aromatic nitrogens is 2. The predicted octanol–water partition coefficient (Wildman–Crippen LogP) is 6.06. The van der Waals surface area contributed by atoms with Crippen LogP contribution in [-0.4, -0.2) is 77.0 Å². The Morgan fingerprint density at radius 2 is 1.83 bits per heavy atom. The lowest BCUT2D eigenvalue weighted by Crippen LogP contribution is -2.54. The van der Waals surface area contributed by atoms with Crippen molar-refractivity contribution in [1.82, 2.24) is 19.6 Å². The van der Waals surface area contributed by atoms with Crippen LogP contribution in [0.5, 0.6) is 11.5 Å². The maximum absolute atomic E-state index is 14.5. The highest BCUT2D eigenvalue weighted by Crippen LogP contribution is 2.57. The normalized spacial score (nSPS) is 25.4. The summed E-state index contributed by atoms with van der Waals surface area (Å²) in [6, 6.07) is 3.68. The number of nitrogens with zero attached hydrogens (tertiary/aromatic N) is 3. The first kappa shape index (κ1) is 39.8. The van der Waals surface area contributed by atoms with E-state index in [1.165, 1.54) is 16.2 Å². The molecule has 3 aliphatic rings. The Hall–Kier alpha value is -3.88. The lowest BCUT2D eigenvalue weighted by Gasteiger charge is -2.33. The third kappa shape index (κ3) is 7.16. The number of aryl methyl sites for hydroxylation is 1. The average molecular weight is 780 g/mol. The second-order valence-corrected chi connectivity index (χ2v) is 20.4. The number of ketones is 1. The summed E-state index contributed by atoms with van der Waals surface area (Å²) in [4.78, 5) is 53.8. The van der Waals surface area contributed by atoms with Crippen molar-refractivity contribution < 1.29 is 32.3 Å². The highest BCUT2D eigenvalue weighted by atomic mass is 32.2. The molecule has 0 spiro atoms. The first-order chi connectivity index (χ1) is 25.1. The van der Waals surface area contributed by atoms with Crippen LogP contribution in [-0.2, 0) is 24.4 Å². The third-order valence-corrected chi connectivity index (χ3v) is 14.6. The quantitative estimate of drug-likeness (QED) is 0.195. The van der Waals surface area contributed by atoms with Crippen LogP contribution in [0.15, 0.2) is 36.2 Å². The zero-order valence-corrected chi connectivity index (χ0v) is 34.4.